The molecule has 2 rings (SSSR count). The van der Waals surface area contributed by atoms with Gasteiger partial charge in [-0.05, 0) is 6.92 Å². The highest BCUT2D eigenvalue weighted by Gasteiger charge is 2.29. The van der Waals surface area contributed by atoms with Crippen molar-refractivity contribution in [3.63, 3.8) is 0 Å². The summed E-state index contributed by atoms with van der Waals surface area (Å²) in [5.41, 5.74) is -2.05. The Kier molecular flexibility index (Phi) is 6.41. The maximum Gasteiger partial charge on any atom is 0.409 e. The Morgan fingerprint density at radius 3 is 2.29 bits per heavy atom. The van der Waals surface area contributed by atoms with E-state index in [-0.39, 0.29) is 37.8 Å². The topological polar surface area (TPSA) is 167 Å². The molecule has 1 aliphatic rings. The minimum atomic E-state index is -1.39. The van der Waals surface area contributed by atoms with Crippen LogP contribution in [0.5, 0.6) is 5.75 Å². The largest absolute Gasteiger partial charge is 0.569 e. The first-order valence-corrected chi connectivity index (χ1v) is 7.88. The van der Waals surface area contributed by atoms with E-state index in [1.54, 1.807) is 6.92 Å². The van der Waals surface area contributed by atoms with Crippen molar-refractivity contribution in [2.75, 3.05) is 32.8 Å². The van der Waals surface area contributed by atoms with Crippen LogP contribution < -0.4 is 4.84 Å². The number of piperazine rings is 1. The van der Waals surface area contributed by atoms with Crippen LogP contribution in [-0.4, -0.2) is 63.6 Å². The number of nitrogens with zero attached hydrogens (tertiary/aromatic N) is 6. The maximum atomic E-state index is 13.7. The van der Waals surface area contributed by atoms with Gasteiger partial charge in [-0.3, -0.25) is 25.1 Å². The number of ether oxygens (including phenoxy) is 1. The summed E-state index contributed by atoms with van der Waals surface area (Å²) in [6.45, 7) is 2.35. The Morgan fingerprint density at radius 2 is 1.75 bits per heavy atom. The van der Waals surface area contributed by atoms with Crippen LogP contribution in [0.3, 0.4) is 0 Å². The van der Waals surface area contributed by atoms with Crippen molar-refractivity contribution in [1.82, 2.24) is 9.91 Å². The van der Waals surface area contributed by atoms with Crippen LogP contribution in [0.15, 0.2) is 17.4 Å². The smallest absolute Gasteiger partial charge is 0.409 e. The number of hydrazine groups is 1. The van der Waals surface area contributed by atoms with Gasteiger partial charge in [0, 0.05) is 19.2 Å². The molecule has 0 spiro atoms. The standard InChI is InChI=1S/C13H15FN6O8/c1-2-27-13(21)16-3-5-17(6-4-16)20(26)15-28-12-7-9(14)10(18(22)23)8-11(12)19(24)25/h7-8H,2-6H2,1H3/b20-15-. The van der Waals surface area contributed by atoms with Gasteiger partial charge in [0.2, 0.25) is 16.8 Å². The van der Waals surface area contributed by atoms with Gasteiger partial charge in [0.1, 0.15) is 6.07 Å². The SMILES string of the molecule is CCOC(=O)N1CCN(/[N+]([O-])=N/Oc2cc(F)c([N+](=O)[O-])cc2[N+](=O)[O-])CC1. The number of amides is 1. The summed E-state index contributed by atoms with van der Waals surface area (Å²) >= 11 is 0. The van der Waals surface area contributed by atoms with E-state index >= 15 is 0 Å². The second-order valence-electron chi connectivity index (χ2n) is 5.35. The third-order valence-corrected chi connectivity index (χ3v) is 3.65. The Morgan fingerprint density at radius 1 is 1.14 bits per heavy atom. The summed E-state index contributed by atoms with van der Waals surface area (Å²) in [5.74, 6) is -2.17. The molecule has 0 atom stereocenters. The predicted octanol–water partition coefficient (Wildman–Crippen LogP) is 1.59. The lowest BCUT2D eigenvalue weighted by molar-refractivity contribution is -0.708. The number of halogens is 1. The van der Waals surface area contributed by atoms with E-state index in [2.05, 4.69) is 10.1 Å². The van der Waals surface area contributed by atoms with Gasteiger partial charge in [0.15, 0.2) is 0 Å². The number of carbonyl (C=O) groups is 1. The van der Waals surface area contributed by atoms with Gasteiger partial charge in [0.25, 0.3) is 0 Å². The first-order chi connectivity index (χ1) is 13.2. The van der Waals surface area contributed by atoms with E-state index in [1.807, 2.05) is 0 Å². The van der Waals surface area contributed by atoms with Crippen molar-refractivity contribution in [1.29, 1.82) is 0 Å². The molecule has 1 aliphatic heterocycles. The van der Waals surface area contributed by atoms with E-state index in [0.717, 1.165) is 5.01 Å². The number of nitro benzene ring substituents is 2. The molecular weight excluding hydrogens is 387 g/mol. The monoisotopic (exact) mass is 402 g/mol. The lowest BCUT2D eigenvalue weighted by Gasteiger charge is -2.30. The van der Waals surface area contributed by atoms with Gasteiger partial charge in [0.05, 0.1) is 34.5 Å². The molecule has 1 aromatic rings. The van der Waals surface area contributed by atoms with Crippen LogP contribution in [0.4, 0.5) is 20.6 Å². The summed E-state index contributed by atoms with van der Waals surface area (Å²) < 4.78 is 18.5. The van der Waals surface area contributed by atoms with Crippen LogP contribution in [0.25, 0.3) is 0 Å². The van der Waals surface area contributed by atoms with Crippen LogP contribution in [0.1, 0.15) is 6.92 Å². The summed E-state index contributed by atoms with van der Waals surface area (Å²) in [5, 5.41) is 37.9. The first-order valence-electron chi connectivity index (χ1n) is 7.88. The summed E-state index contributed by atoms with van der Waals surface area (Å²) in [7, 11) is 0. The van der Waals surface area contributed by atoms with Crippen molar-refractivity contribution < 1.29 is 33.6 Å². The lowest BCUT2D eigenvalue weighted by atomic mass is 10.2. The molecular formula is C13H15FN6O8. The third-order valence-electron chi connectivity index (χ3n) is 3.65. The highest BCUT2D eigenvalue weighted by Crippen LogP contribution is 2.33. The van der Waals surface area contributed by atoms with Gasteiger partial charge in [-0.15, -0.1) is 5.01 Å². The fourth-order valence-electron chi connectivity index (χ4n) is 2.28. The number of rotatable bonds is 6. The van der Waals surface area contributed by atoms with Crippen molar-refractivity contribution in [3.8, 4) is 5.75 Å². The summed E-state index contributed by atoms with van der Waals surface area (Å²) in [6, 6.07) is 0.764. The number of hydrogen-bond acceptors (Lipinski definition) is 9. The van der Waals surface area contributed by atoms with Crippen LogP contribution in [0.2, 0.25) is 0 Å². The van der Waals surface area contributed by atoms with Crippen LogP contribution in [-0.2, 0) is 4.74 Å². The van der Waals surface area contributed by atoms with E-state index in [9.17, 15) is 34.6 Å². The zero-order valence-corrected chi connectivity index (χ0v) is 14.5. The molecule has 1 fully saturated rings. The zero-order valence-electron chi connectivity index (χ0n) is 14.5. The molecule has 0 aliphatic carbocycles. The van der Waals surface area contributed by atoms with Crippen LogP contribution in [0, 0.1) is 31.3 Å². The minimum Gasteiger partial charge on any atom is -0.569 e. The highest BCUT2D eigenvalue weighted by molar-refractivity contribution is 5.67. The van der Waals surface area contributed by atoms with Crippen molar-refractivity contribution >= 4 is 17.5 Å². The average molecular weight is 402 g/mol. The molecule has 152 valence electrons. The average Bonchev–Trinajstić information content (AvgIpc) is 2.65. The Bertz CT molecular complexity index is 810. The Labute approximate surface area is 156 Å². The van der Waals surface area contributed by atoms with Gasteiger partial charge in [-0.1, -0.05) is 0 Å². The lowest BCUT2D eigenvalue weighted by Crippen LogP contribution is -2.50. The van der Waals surface area contributed by atoms with Crippen molar-refractivity contribution in [2.24, 2.45) is 5.28 Å². The number of nitro groups is 2. The van der Waals surface area contributed by atoms with Gasteiger partial charge >= 0.3 is 17.5 Å². The Balaban J connectivity index is 2.09. The summed E-state index contributed by atoms with van der Waals surface area (Å²) in [6.07, 6.45) is -0.523. The normalized spacial score (nSPS) is 14.6. The highest BCUT2D eigenvalue weighted by atomic mass is 19.1. The number of hydrogen-bond donors (Lipinski definition) is 0. The van der Waals surface area contributed by atoms with E-state index in [4.69, 9.17) is 4.74 Å². The maximum absolute atomic E-state index is 13.7. The molecule has 15 heteroatoms. The van der Waals surface area contributed by atoms with Gasteiger partial charge < -0.3 is 14.8 Å². The van der Waals surface area contributed by atoms with Gasteiger partial charge in [-0.2, -0.15) is 4.39 Å². The van der Waals surface area contributed by atoms with Crippen molar-refractivity contribution in [3.05, 3.63) is 43.4 Å². The molecule has 0 unspecified atom stereocenters. The van der Waals surface area contributed by atoms with E-state index < -0.39 is 38.9 Å². The molecule has 1 heterocycles. The predicted molar refractivity (Wildman–Crippen MR) is 86.6 cm³/mol. The van der Waals surface area contributed by atoms with Crippen LogP contribution >= 0.6 is 0 Å². The Hall–Kier alpha value is -3.78. The number of carbonyl (C=O) groups excluding carboxylic acids is 1. The molecule has 0 saturated carbocycles. The molecule has 28 heavy (non-hydrogen) atoms. The second kappa shape index (κ2) is 8.74. The minimum absolute atomic E-state index is 0.00840. The van der Waals surface area contributed by atoms with Gasteiger partial charge in [-0.25, -0.2) is 4.79 Å². The fourth-order valence-corrected chi connectivity index (χ4v) is 2.28. The molecule has 1 saturated heterocycles. The molecule has 14 nitrogen and oxygen atoms in total. The molecule has 0 radical (unpaired) electrons. The quantitative estimate of drug-likeness (QED) is 0.297. The fraction of sp³-hybridized carbons (Fsp3) is 0.462. The zero-order chi connectivity index (χ0) is 20.8. The molecule has 1 aromatic carbocycles. The molecule has 0 bridgehead atoms. The van der Waals surface area contributed by atoms with Crippen molar-refractivity contribution in [2.45, 2.75) is 6.92 Å². The van der Waals surface area contributed by atoms with E-state index in [0.29, 0.717) is 12.1 Å². The first kappa shape index (κ1) is 20.5. The molecule has 0 N–H and O–H groups in total. The number of benzene rings is 1. The second-order valence-corrected chi connectivity index (χ2v) is 5.35. The summed E-state index contributed by atoms with van der Waals surface area (Å²) in [4.78, 5) is 37.1. The molecule has 0 aromatic heterocycles. The molecule has 1 amide bonds. The van der Waals surface area contributed by atoms with E-state index in [1.165, 1.54) is 4.90 Å². The third kappa shape index (κ3) is 4.68.